The highest BCUT2D eigenvalue weighted by Crippen LogP contribution is 2.17. The molecular weight excluding hydrogens is 496 g/mol. The molecule has 232 valence electrons. The zero-order valence-electron chi connectivity index (χ0n) is 28.7. The van der Waals surface area contributed by atoms with Crippen molar-refractivity contribution in [2.75, 3.05) is 6.61 Å². The Labute approximate surface area is 256 Å². The average Bonchev–Trinajstić information content (AvgIpc) is 2.88. The molecule has 0 aromatic heterocycles. The van der Waals surface area contributed by atoms with Gasteiger partial charge in [-0.1, -0.05) is 93.2 Å². The maximum atomic E-state index is 8.95. The quantitative estimate of drug-likeness (QED) is 0.130. The summed E-state index contributed by atoms with van der Waals surface area (Å²) in [7, 11) is 0. The molecule has 0 unspecified atom stereocenters. The molecule has 0 fully saturated rings. The Balaban J connectivity index is 4.18. The van der Waals surface area contributed by atoms with Crippen LogP contribution < -0.4 is 0 Å². The van der Waals surface area contributed by atoms with Crippen LogP contribution in [0.5, 0.6) is 0 Å². The van der Waals surface area contributed by atoms with E-state index < -0.39 is 0 Å². The second kappa shape index (κ2) is 25.6. The molecule has 0 radical (unpaired) electrons. The molecular formula is C40H66O. The van der Waals surface area contributed by atoms with Gasteiger partial charge in [-0.2, -0.15) is 0 Å². The minimum atomic E-state index is 0.151. The zero-order chi connectivity index (χ0) is 30.9. The molecule has 1 nitrogen and oxygen atoms in total. The second-order valence-corrected chi connectivity index (χ2v) is 12.6. The Bertz CT molecular complexity index is 951. The molecule has 0 aliphatic rings. The van der Waals surface area contributed by atoms with Crippen molar-refractivity contribution in [3.8, 4) is 0 Å². The van der Waals surface area contributed by atoms with E-state index in [9.17, 15) is 0 Å². The standard InChI is InChI=1S/C40H66O/c1-33(2)17-10-18-34(3)19-11-20-35(4)21-12-22-36(5)23-13-24-37(6)25-14-26-38(7)27-15-28-39(8)29-16-30-40(9)31-32-41/h17,19,21,23,25,27,29,31,41H,10-16,18,20,22,24,26,28,30,32H2,1-9H3/b34-19?,35-21?,36-23?,37-25?,38-27?,39-29?,40-31+. The molecule has 0 aliphatic heterocycles. The van der Waals surface area contributed by atoms with Crippen LogP contribution in [-0.2, 0) is 0 Å². The molecule has 0 saturated carbocycles. The number of hydrogen-bond acceptors (Lipinski definition) is 1. The van der Waals surface area contributed by atoms with E-state index in [1.165, 1.54) is 83.1 Å². The SMILES string of the molecule is CC(C)=CCCC(C)=CCCC(C)=CCCC(C)=CCCC(C)=CCCC(C)=CCCC(C)=CCC/C(C)=C/CO. The van der Waals surface area contributed by atoms with Crippen LogP contribution in [0.1, 0.15) is 152 Å². The molecule has 0 aliphatic carbocycles. The Morgan fingerprint density at radius 1 is 0.317 bits per heavy atom. The van der Waals surface area contributed by atoms with Gasteiger partial charge in [-0.15, -0.1) is 0 Å². The minimum Gasteiger partial charge on any atom is -0.392 e. The lowest BCUT2D eigenvalue weighted by atomic mass is 10.0. The van der Waals surface area contributed by atoms with Crippen molar-refractivity contribution < 1.29 is 5.11 Å². The van der Waals surface area contributed by atoms with Crippen molar-refractivity contribution in [1.82, 2.24) is 0 Å². The van der Waals surface area contributed by atoms with Crippen molar-refractivity contribution >= 4 is 0 Å². The summed E-state index contributed by atoms with van der Waals surface area (Å²) in [4.78, 5) is 0. The van der Waals surface area contributed by atoms with Gasteiger partial charge in [0.15, 0.2) is 0 Å². The summed E-state index contributed by atoms with van der Waals surface area (Å²) in [5, 5.41) is 8.95. The lowest BCUT2D eigenvalue weighted by Gasteiger charge is -2.04. The summed E-state index contributed by atoms with van der Waals surface area (Å²) in [6.07, 6.45) is 34.9. The van der Waals surface area contributed by atoms with Gasteiger partial charge in [-0.3, -0.25) is 0 Å². The van der Waals surface area contributed by atoms with Gasteiger partial charge in [0.25, 0.3) is 0 Å². The fraction of sp³-hybridized carbons (Fsp3) is 0.600. The molecule has 0 aromatic rings. The first-order valence-electron chi connectivity index (χ1n) is 16.4. The van der Waals surface area contributed by atoms with Gasteiger partial charge < -0.3 is 5.11 Å². The van der Waals surface area contributed by atoms with Crippen molar-refractivity contribution in [1.29, 1.82) is 0 Å². The van der Waals surface area contributed by atoms with E-state index in [1.54, 1.807) is 0 Å². The fourth-order valence-corrected chi connectivity index (χ4v) is 4.74. The second-order valence-electron chi connectivity index (χ2n) is 12.6. The Morgan fingerprint density at radius 3 is 0.707 bits per heavy atom. The zero-order valence-corrected chi connectivity index (χ0v) is 28.7. The molecule has 0 spiro atoms. The molecule has 1 N–H and O–H groups in total. The number of allylic oxidation sites excluding steroid dienone is 15. The van der Waals surface area contributed by atoms with Gasteiger partial charge in [-0.25, -0.2) is 0 Å². The van der Waals surface area contributed by atoms with Gasteiger partial charge in [0.2, 0.25) is 0 Å². The van der Waals surface area contributed by atoms with Crippen molar-refractivity contribution in [3.05, 3.63) is 93.2 Å². The van der Waals surface area contributed by atoms with Gasteiger partial charge in [-0.05, 0) is 152 Å². The highest BCUT2D eigenvalue weighted by Gasteiger charge is 1.96. The van der Waals surface area contributed by atoms with Crippen LogP contribution in [0.4, 0.5) is 0 Å². The van der Waals surface area contributed by atoms with Gasteiger partial charge >= 0.3 is 0 Å². The third-order valence-corrected chi connectivity index (χ3v) is 7.72. The van der Waals surface area contributed by atoms with E-state index in [4.69, 9.17) is 5.11 Å². The first-order chi connectivity index (χ1) is 19.5. The lowest BCUT2D eigenvalue weighted by molar-refractivity contribution is 0.341. The summed E-state index contributed by atoms with van der Waals surface area (Å²) < 4.78 is 0. The van der Waals surface area contributed by atoms with E-state index in [-0.39, 0.29) is 6.61 Å². The largest absolute Gasteiger partial charge is 0.392 e. The van der Waals surface area contributed by atoms with E-state index in [1.807, 2.05) is 6.08 Å². The summed E-state index contributed by atoms with van der Waals surface area (Å²) in [5.41, 5.74) is 11.8. The van der Waals surface area contributed by atoms with Gasteiger partial charge in [0, 0.05) is 0 Å². The molecule has 0 amide bonds. The van der Waals surface area contributed by atoms with Crippen LogP contribution in [0, 0.1) is 0 Å². The normalized spacial score (nSPS) is 14.6. The number of aliphatic hydroxyl groups is 1. The smallest absolute Gasteiger partial charge is 0.0614 e. The monoisotopic (exact) mass is 563 g/mol. The first-order valence-corrected chi connectivity index (χ1v) is 16.4. The van der Waals surface area contributed by atoms with E-state index in [0.717, 1.165) is 51.4 Å². The summed E-state index contributed by atoms with van der Waals surface area (Å²) in [5.74, 6) is 0. The average molecular weight is 563 g/mol. The molecule has 0 rings (SSSR count). The Hall–Kier alpha value is -2.12. The lowest BCUT2D eigenvalue weighted by Crippen LogP contribution is -1.84. The third kappa shape index (κ3) is 26.5. The van der Waals surface area contributed by atoms with Crippen molar-refractivity contribution in [3.63, 3.8) is 0 Å². The van der Waals surface area contributed by atoms with Gasteiger partial charge in [0.1, 0.15) is 0 Å². The topological polar surface area (TPSA) is 20.2 Å². The molecule has 41 heavy (non-hydrogen) atoms. The summed E-state index contributed by atoms with van der Waals surface area (Å²) in [6, 6.07) is 0. The number of aliphatic hydroxyl groups excluding tert-OH is 1. The fourth-order valence-electron chi connectivity index (χ4n) is 4.74. The summed E-state index contributed by atoms with van der Waals surface area (Å²) >= 11 is 0. The number of rotatable bonds is 22. The third-order valence-electron chi connectivity index (χ3n) is 7.72. The van der Waals surface area contributed by atoms with E-state index >= 15 is 0 Å². The Morgan fingerprint density at radius 2 is 0.512 bits per heavy atom. The van der Waals surface area contributed by atoms with Crippen LogP contribution >= 0.6 is 0 Å². The Kier molecular flexibility index (Phi) is 24.3. The first kappa shape index (κ1) is 38.9. The maximum absolute atomic E-state index is 8.95. The van der Waals surface area contributed by atoms with E-state index in [2.05, 4.69) is 105 Å². The van der Waals surface area contributed by atoms with E-state index in [0.29, 0.717) is 0 Å². The molecule has 1 heteroatoms. The van der Waals surface area contributed by atoms with Crippen molar-refractivity contribution in [2.45, 2.75) is 152 Å². The predicted molar refractivity (Wildman–Crippen MR) is 187 cm³/mol. The molecule has 0 saturated heterocycles. The molecule has 0 bridgehead atoms. The number of hydrogen-bond donors (Lipinski definition) is 1. The molecule has 0 heterocycles. The van der Waals surface area contributed by atoms with Crippen LogP contribution in [0.3, 0.4) is 0 Å². The highest BCUT2D eigenvalue weighted by atomic mass is 16.2. The molecule has 0 aromatic carbocycles. The molecule has 0 atom stereocenters. The maximum Gasteiger partial charge on any atom is 0.0614 e. The summed E-state index contributed by atoms with van der Waals surface area (Å²) in [6.45, 7) is 20.3. The predicted octanol–water partition coefficient (Wildman–Crippen LogP) is 13.0. The van der Waals surface area contributed by atoms with Crippen LogP contribution in [0.2, 0.25) is 0 Å². The van der Waals surface area contributed by atoms with Crippen molar-refractivity contribution in [2.24, 2.45) is 0 Å². The van der Waals surface area contributed by atoms with Crippen LogP contribution in [0.25, 0.3) is 0 Å². The highest BCUT2D eigenvalue weighted by molar-refractivity contribution is 5.10. The van der Waals surface area contributed by atoms with Gasteiger partial charge in [0.05, 0.1) is 6.61 Å². The van der Waals surface area contributed by atoms with Crippen LogP contribution in [-0.4, -0.2) is 11.7 Å². The minimum absolute atomic E-state index is 0.151. The van der Waals surface area contributed by atoms with Crippen LogP contribution in [0.15, 0.2) is 93.2 Å².